The molecule has 0 rings (SSSR count). The largest absolute Gasteiger partial charge is 0.462 e. The van der Waals surface area contributed by atoms with E-state index in [-0.39, 0.29) is 25.2 Å². The van der Waals surface area contributed by atoms with Crippen LogP contribution >= 0.6 is 0 Å². The first-order chi connectivity index (χ1) is 22.6. The van der Waals surface area contributed by atoms with Gasteiger partial charge in [-0.3, -0.25) is 9.59 Å². The van der Waals surface area contributed by atoms with Gasteiger partial charge in [0.15, 0.2) is 6.10 Å². The lowest BCUT2D eigenvalue weighted by Gasteiger charge is -2.15. The predicted octanol–water partition coefficient (Wildman–Crippen LogP) is 11.4. The average Bonchev–Trinajstić information content (AvgIpc) is 3.06. The number of carbonyl (C=O) groups excluding carboxylic acids is 2. The number of aliphatic hydroxyl groups is 1. The molecular formula is C41H68O5. The highest BCUT2D eigenvalue weighted by molar-refractivity contribution is 5.70. The van der Waals surface area contributed by atoms with Crippen LogP contribution < -0.4 is 0 Å². The van der Waals surface area contributed by atoms with E-state index in [1.807, 2.05) is 0 Å². The van der Waals surface area contributed by atoms with Crippen molar-refractivity contribution in [3.63, 3.8) is 0 Å². The fraction of sp³-hybridized carbons (Fsp3) is 0.659. The summed E-state index contributed by atoms with van der Waals surface area (Å²) < 4.78 is 10.5. The molecule has 0 bridgehead atoms. The van der Waals surface area contributed by atoms with Gasteiger partial charge in [-0.2, -0.15) is 0 Å². The van der Waals surface area contributed by atoms with Crippen molar-refractivity contribution in [3.05, 3.63) is 72.9 Å². The third kappa shape index (κ3) is 34.2. The number of esters is 2. The van der Waals surface area contributed by atoms with Gasteiger partial charge in [0.25, 0.3) is 0 Å². The predicted molar refractivity (Wildman–Crippen MR) is 196 cm³/mol. The van der Waals surface area contributed by atoms with E-state index >= 15 is 0 Å². The second kappa shape index (κ2) is 36.8. The smallest absolute Gasteiger partial charge is 0.306 e. The van der Waals surface area contributed by atoms with Crippen LogP contribution in [0.25, 0.3) is 0 Å². The first kappa shape index (κ1) is 43.3. The van der Waals surface area contributed by atoms with Crippen molar-refractivity contribution in [3.8, 4) is 0 Å². The van der Waals surface area contributed by atoms with Gasteiger partial charge in [-0.05, 0) is 83.5 Å². The van der Waals surface area contributed by atoms with E-state index in [1.54, 1.807) is 0 Å². The van der Waals surface area contributed by atoms with Crippen LogP contribution in [0.3, 0.4) is 0 Å². The molecular weight excluding hydrogens is 572 g/mol. The highest BCUT2D eigenvalue weighted by Crippen LogP contribution is 2.11. The zero-order valence-electron chi connectivity index (χ0n) is 29.6. The number of unbranched alkanes of at least 4 members (excludes halogenated alkanes) is 12. The molecule has 262 valence electrons. The maximum Gasteiger partial charge on any atom is 0.306 e. The first-order valence-electron chi connectivity index (χ1n) is 18.5. The minimum Gasteiger partial charge on any atom is -0.462 e. The van der Waals surface area contributed by atoms with E-state index in [1.165, 1.54) is 51.4 Å². The van der Waals surface area contributed by atoms with Gasteiger partial charge in [-0.15, -0.1) is 0 Å². The average molecular weight is 641 g/mol. The van der Waals surface area contributed by atoms with Crippen LogP contribution in [0.1, 0.15) is 155 Å². The van der Waals surface area contributed by atoms with Gasteiger partial charge in [-0.1, -0.05) is 132 Å². The van der Waals surface area contributed by atoms with Gasteiger partial charge < -0.3 is 14.6 Å². The van der Waals surface area contributed by atoms with E-state index in [0.717, 1.165) is 77.0 Å². The van der Waals surface area contributed by atoms with Gasteiger partial charge in [0.2, 0.25) is 0 Å². The molecule has 0 fully saturated rings. The molecule has 0 aromatic carbocycles. The maximum atomic E-state index is 12.1. The summed E-state index contributed by atoms with van der Waals surface area (Å²) in [5.74, 6) is -0.656. The Morgan fingerprint density at radius 2 is 0.935 bits per heavy atom. The summed E-state index contributed by atoms with van der Waals surface area (Å²) in [4.78, 5) is 24.2. The van der Waals surface area contributed by atoms with Gasteiger partial charge in [0.1, 0.15) is 6.61 Å². The van der Waals surface area contributed by atoms with Crippen LogP contribution in [0.15, 0.2) is 72.9 Å². The molecule has 0 aliphatic carbocycles. The maximum absolute atomic E-state index is 12.1. The second-order valence-electron chi connectivity index (χ2n) is 11.9. The molecule has 5 heteroatoms. The summed E-state index contributed by atoms with van der Waals surface area (Å²) in [6.45, 7) is 3.93. The Balaban J connectivity index is 3.67. The molecule has 1 atom stereocenters. The van der Waals surface area contributed by atoms with E-state index in [0.29, 0.717) is 12.8 Å². The molecule has 0 aromatic rings. The monoisotopic (exact) mass is 641 g/mol. The molecule has 0 saturated carbocycles. The number of rotatable bonds is 32. The highest BCUT2D eigenvalue weighted by Gasteiger charge is 2.16. The number of ether oxygens (including phenoxy) is 2. The van der Waals surface area contributed by atoms with Crippen molar-refractivity contribution in [2.24, 2.45) is 0 Å². The van der Waals surface area contributed by atoms with Crippen molar-refractivity contribution in [2.75, 3.05) is 13.2 Å². The third-order valence-corrected chi connectivity index (χ3v) is 7.48. The lowest BCUT2D eigenvalue weighted by atomic mass is 10.1. The molecule has 0 saturated heterocycles. The van der Waals surface area contributed by atoms with Crippen LogP contribution in [0.4, 0.5) is 0 Å². The first-order valence-corrected chi connectivity index (χ1v) is 18.5. The second-order valence-corrected chi connectivity index (χ2v) is 11.9. The lowest BCUT2D eigenvalue weighted by molar-refractivity contribution is -0.161. The van der Waals surface area contributed by atoms with E-state index < -0.39 is 6.10 Å². The van der Waals surface area contributed by atoms with Gasteiger partial charge in [0, 0.05) is 12.8 Å². The Bertz CT molecular complexity index is 864. The molecule has 0 heterocycles. The molecule has 0 amide bonds. The van der Waals surface area contributed by atoms with Crippen molar-refractivity contribution < 1.29 is 24.2 Å². The Morgan fingerprint density at radius 3 is 1.46 bits per heavy atom. The normalized spacial score (nSPS) is 13.0. The molecule has 0 spiro atoms. The van der Waals surface area contributed by atoms with Crippen LogP contribution in [0.5, 0.6) is 0 Å². The van der Waals surface area contributed by atoms with Crippen molar-refractivity contribution >= 4 is 11.9 Å². The minimum absolute atomic E-state index is 0.0906. The number of aliphatic hydroxyl groups excluding tert-OH is 1. The summed E-state index contributed by atoms with van der Waals surface area (Å²) in [6.07, 6.45) is 48.1. The van der Waals surface area contributed by atoms with Gasteiger partial charge in [-0.25, -0.2) is 0 Å². The zero-order chi connectivity index (χ0) is 33.6. The molecule has 5 nitrogen and oxygen atoms in total. The van der Waals surface area contributed by atoms with Crippen molar-refractivity contribution in [1.82, 2.24) is 0 Å². The fourth-order valence-corrected chi connectivity index (χ4v) is 4.69. The topological polar surface area (TPSA) is 72.8 Å². The van der Waals surface area contributed by atoms with E-state index in [9.17, 15) is 14.7 Å². The van der Waals surface area contributed by atoms with Gasteiger partial charge >= 0.3 is 11.9 Å². The fourth-order valence-electron chi connectivity index (χ4n) is 4.69. The van der Waals surface area contributed by atoms with Crippen molar-refractivity contribution in [1.29, 1.82) is 0 Å². The number of hydrogen-bond acceptors (Lipinski definition) is 5. The van der Waals surface area contributed by atoms with Crippen LogP contribution in [-0.2, 0) is 19.1 Å². The SMILES string of the molecule is CC/C=C/C/C=C/C/C=C/C/C=C/CCCCC(=O)O[C@@H](CO)COC(=O)CCCCCCCCC/C=C/C/C=C/CCCCC. The van der Waals surface area contributed by atoms with Crippen molar-refractivity contribution in [2.45, 2.75) is 161 Å². The van der Waals surface area contributed by atoms with Gasteiger partial charge in [0.05, 0.1) is 6.61 Å². The Morgan fingerprint density at radius 1 is 0.522 bits per heavy atom. The standard InChI is InChI=1S/C41H68O5/c1-3-5-7-9-11-13-15-17-19-20-22-23-25-27-29-31-33-35-40(43)45-38-39(37-42)46-41(44)36-34-32-30-28-26-24-21-18-16-14-12-10-8-6-4-2/h6,8,11-14,17-19,21,26,28,39,42H,3-5,7,9-10,15-16,20,22-25,27,29-38H2,1-2H3/b8-6+,13-11+,14-12+,19-17+,21-18+,28-26+/t39-/m0/s1. The summed E-state index contributed by atoms with van der Waals surface area (Å²) in [7, 11) is 0. The molecule has 0 radical (unpaired) electrons. The highest BCUT2D eigenvalue weighted by atomic mass is 16.6. The summed E-state index contributed by atoms with van der Waals surface area (Å²) in [5.41, 5.74) is 0. The Kier molecular flexibility index (Phi) is 34.7. The van der Waals surface area contributed by atoms with Crippen LogP contribution in [0.2, 0.25) is 0 Å². The summed E-state index contributed by atoms with van der Waals surface area (Å²) in [6, 6.07) is 0. The molecule has 0 aliphatic heterocycles. The molecule has 0 aliphatic rings. The number of allylic oxidation sites excluding steroid dienone is 12. The quantitative estimate of drug-likeness (QED) is 0.0450. The minimum atomic E-state index is -0.798. The number of carbonyl (C=O) groups is 2. The Hall–Kier alpha value is -2.66. The van der Waals surface area contributed by atoms with Crippen LogP contribution in [-0.4, -0.2) is 36.4 Å². The Labute approximate surface area is 283 Å². The molecule has 46 heavy (non-hydrogen) atoms. The molecule has 0 aromatic heterocycles. The summed E-state index contributed by atoms with van der Waals surface area (Å²) >= 11 is 0. The van der Waals surface area contributed by atoms with Crippen LogP contribution in [0, 0.1) is 0 Å². The summed E-state index contributed by atoms with van der Waals surface area (Å²) in [5, 5.41) is 9.53. The van der Waals surface area contributed by atoms with E-state index in [4.69, 9.17) is 9.47 Å². The molecule has 0 unspecified atom stereocenters. The van der Waals surface area contributed by atoms with E-state index in [2.05, 4.69) is 86.8 Å². The molecule has 1 N–H and O–H groups in total. The zero-order valence-corrected chi connectivity index (χ0v) is 29.6. The lowest BCUT2D eigenvalue weighted by Crippen LogP contribution is -2.28. The third-order valence-electron chi connectivity index (χ3n) is 7.48. The number of hydrogen-bond donors (Lipinski definition) is 1.